The summed E-state index contributed by atoms with van der Waals surface area (Å²) < 4.78 is 0. The van der Waals surface area contributed by atoms with Gasteiger partial charge in [0, 0.05) is 12.6 Å². The minimum Gasteiger partial charge on any atom is -0.317 e. The quantitative estimate of drug-likeness (QED) is 0.660. The fourth-order valence-electron chi connectivity index (χ4n) is 2.77. The summed E-state index contributed by atoms with van der Waals surface area (Å²) in [6.07, 6.45) is 4.30. The first-order valence-electron chi connectivity index (χ1n) is 5.17. The van der Waals surface area contributed by atoms with Crippen molar-refractivity contribution in [3.63, 3.8) is 0 Å². The van der Waals surface area contributed by atoms with Crippen molar-refractivity contribution in [2.24, 2.45) is 11.8 Å². The Hall–Kier alpha value is -0.0800. The van der Waals surface area contributed by atoms with Gasteiger partial charge in [0.25, 0.3) is 0 Å². The lowest BCUT2D eigenvalue weighted by Crippen LogP contribution is -2.46. The number of hydrogen-bond donors (Lipinski definition) is 1. The normalized spacial score (nSPS) is 43.0. The zero-order chi connectivity index (χ0) is 8.55. The lowest BCUT2D eigenvalue weighted by molar-refractivity contribution is 0.146. The molecule has 70 valence electrons. The second-order valence-electron chi connectivity index (χ2n) is 4.45. The van der Waals surface area contributed by atoms with E-state index in [-0.39, 0.29) is 0 Å². The molecule has 2 heteroatoms. The Labute approximate surface area is 75.3 Å². The molecular weight excluding hydrogens is 148 g/mol. The van der Waals surface area contributed by atoms with Gasteiger partial charge < -0.3 is 10.2 Å². The number of hydrogen-bond acceptors (Lipinski definition) is 2. The summed E-state index contributed by atoms with van der Waals surface area (Å²) in [5.41, 5.74) is 0. The molecule has 0 radical (unpaired) electrons. The molecule has 2 rings (SSSR count). The molecule has 0 aromatic heterocycles. The molecule has 0 amide bonds. The van der Waals surface area contributed by atoms with Crippen LogP contribution in [0.1, 0.15) is 19.3 Å². The average molecular weight is 168 g/mol. The van der Waals surface area contributed by atoms with Gasteiger partial charge in [0.05, 0.1) is 0 Å². The molecule has 0 bridgehead atoms. The van der Waals surface area contributed by atoms with Crippen LogP contribution in [0.5, 0.6) is 0 Å². The van der Waals surface area contributed by atoms with E-state index >= 15 is 0 Å². The van der Waals surface area contributed by atoms with Crippen LogP contribution in [0.4, 0.5) is 0 Å². The van der Waals surface area contributed by atoms with Gasteiger partial charge in [-0.15, -0.1) is 0 Å². The van der Waals surface area contributed by atoms with Gasteiger partial charge in [-0.1, -0.05) is 0 Å². The molecule has 1 saturated heterocycles. The SMILES string of the molecule is CNC1CCC1C1CCN(C)C1. The van der Waals surface area contributed by atoms with Crippen LogP contribution >= 0.6 is 0 Å². The van der Waals surface area contributed by atoms with Crippen molar-refractivity contribution < 1.29 is 0 Å². The van der Waals surface area contributed by atoms with E-state index in [2.05, 4.69) is 24.3 Å². The molecule has 2 nitrogen and oxygen atoms in total. The maximum atomic E-state index is 3.42. The highest BCUT2D eigenvalue weighted by atomic mass is 15.1. The van der Waals surface area contributed by atoms with Crippen LogP contribution in [-0.2, 0) is 0 Å². The molecule has 1 aliphatic heterocycles. The molecule has 1 heterocycles. The van der Waals surface area contributed by atoms with Crippen LogP contribution < -0.4 is 5.32 Å². The van der Waals surface area contributed by atoms with Crippen molar-refractivity contribution >= 4 is 0 Å². The van der Waals surface area contributed by atoms with E-state index in [1.807, 2.05) is 0 Å². The molecule has 0 aromatic carbocycles. The largest absolute Gasteiger partial charge is 0.317 e. The minimum atomic E-state index is 0.835. The molecule has 1 aliphatic carbocycles. The van der Waals surface area contributed by atoms with E-state index in [0.29, 0.717) is 0 Å². The number of nitrogens with one attached hydrogen (secondary N) is 1. The Kier molecular flexibility index (Phi) is 2.37. The summed E-state index contributed by atoms with van der Waals surface area (Å²) in [6, 6.07) is 0.835. The molecule has 2 fully saturated rings. The van der Waals surface area contributed by atoms with Gasteiger partial charge in [0.1, 0.15) is 0 Å². The highest BCUT2D eigenvalue weighted by molar-refractivity contribution is 4.93. The Morgan fingerprint density at radius 2 is 2.08 bits per heavy atom. The van der Waals surface area contributed by atoms with Crippen molar-refractivity contribution in [2.45, 2.75) is 25.3 Å². The van der Waals surface area contributed by atoms with Crippen molar-refractivity contribution in [2.75, 3.05) is 27.2 Å². The van der Waals surface area contributed by atoms with Crippen LogP contribution in [0.2, 0.25) is 0 Å². The average Bonchev–Trinajstić information content (AvgIpc) is 2.35. The van der Waals surface area contributed by atoms with E-state index in [9.17, 15) is 0 Å². The van der Waals surface area contributed by atoms with Crippen LogP contribution in [0, 0.1) is 11.8 Å². The summed E-state index contributed by atoms with van der Waals surface area (Å²) in [5.74, 6) is 1.97. The second kappa shape index (κ2) is 3.35. The van der Waals surface area contributed by atoms with Gasteiger partial charge in [0.2, 0.25) is 0 Å². The molecule has 12 heavy (non-hydrogen) atoms. The van der Waals surface area contributed by atoms with Gasteiger partial charge in [-0.05, 0) is 51.7 Å². The Bertz CT molecular complexity index is 156. The second-order valence-corrected chi connectivity index (χ2v) is 4.45. The van der Waals surface area contributed by atoms with E-state index in [1.54, 1.807) is 0 Å². The van der Waals surface area contributed by atoms with Gasteiger partial charge in [-0.25, -0.2) is 0 Å². The molecule has 2 aliphatic rings. The van der Waals surface area contributed by atoms with Crippen molar-refractivity contribution in [1.29, 1.82) is 0 Å². The predicted molar refractivity (Wildman–Crippen MR) is 51.2 cm³/mol. The lowest BCUT2D eigenvalue weighted by atomic mass is 9.71. The smallest absolute Gasteiger partial charge is 0.00955 e. The molecule has 1 saturated carbocycles. The Morgan fingerprint density at radius 3 is 2.50 bits per heavy atom. The minimum absolute atomic E-state index is 0.835. The van der Waals surface area contributed by atoms with Crippen LogP contribution in [-0.4, -0.2) is 38.1 Å². The van der Waals surface area contributed by atoms with Gasteiger partial charge >= 0.3 is 0 Å². The zero-order valence-electron chi connectivity index (χ0n) is 8.21. The number of nitrogens with zero attached hydrogens (tertiary/aromatic N) is 1. The first kappa shape index (κ1) is 8.52. The van der Waals surface area contributed by atoms with E-state index in [0.717, 1.165) is 17.9 Å². The summed E-state index contributed by atoms with van der Waals surface area (Å²) in [7, 11) is 4.35. The van der Waals surface area contributed by atoms with Crippen LogP contribution in [0.15, 0.2) is 0 Å². The molecular formula is C10H20N2. The third kappa shape index (κ3) is 1.38. The molecule has 3 atom stereocenters. The monoisotopic (exact) mass is 168 g/mol. The highest BCUT2D eigenvalue weighted by Crippen LogP contribution is 2.37. The fraction of sp³-hybridized carbons (Fsp3) is 1.00. The third-order valence-electron chi connectivity index (χ3n) is 3.73. The van der Waals surface area contributed by atoms with Gasteiger partial charge in [-0.3, -0.25) is 0 Å². The fourth-order valence-corrected chi connectivity index (χ4v) is 2.77. The first-order chi connectivity index (χ1) is 5.81. The topological polar surface area (TPSA) is 15.3 Å². The Balaban J connectivity index is 1.85. The summed E-state index contributed by atoms with van der Waals surface area (Å²) in [6.45, 7) is 2.65. The first-order valence-corrected chi connectivity index (χ1v) is 5.17. The molecule has 1 N–H and O–H groups in total. The van der Waals surface area contributed by atoms with Crippen molar-refractivity contribution in [3.8, 4) is 0 Å². The molecule has 0 aromatic rings. The predicted octanol–water partition coefficient (Wildman–Crippen LogP) is 0.936. The zero-order valence-corrected chi connectivity index (χ0v) is 8.21. The van der Waals surface area contributed by atoms with Crippen molar-refractivity contribution in [3.05, 3.63) is 0 Å². The number of likely N-dealkylation sites (tertiary alicyclic amines) is 1. The van der Waals surface area contributed by atoms with E-state index in [1.165, 1.54) is 32.4 Å². The van der Waals surface area contributed by atoms with Crippen LogP contribution in [0.3, 0.4) is 0 Å². The maximum absolute atomic E-state index is 3.42. The third-order valence-corrected chi connectivity index (χ3v) is 3.73. The summed E-state index contributed by atoms with van der Waals surface area (Å²) in [5, 5.41) is 3.42. The number of rotatable bonds is 2. The van der Waals surface area contributed by atoms with Crippen LogP contribution in [0.25, 0.3) is 0 Å². The maximum Gasteiger partial charge on any atom is 0.00955 e. The van der Waals surface area contributed by atoms with E-state index in [4.69, 9.17) is 0 Å². The Morgan fingerprint density at radius 1 is 1.25 bits per heavy atom. The molecule has 3 unspecified atom stereocenters. The lowest BCUT2D eigenvalue weighted by Gasteiger charge is -2.40. The summed E-state index contributed by atoms with van der Waals surface area (Å²) in [4.78, 5) is 2.47. The van der Waals surface area contributed by atoms with Gasteiger partial charge in [0.15, 0.2) is 0 Å². The molecule has 0 spiro atoms. The summed E-state index contributed by atoms with van der Waals surface area (Å²) >= 11 is 0. The van der Waals surface area contributed by atoms with Gasteiger partial charge in [-0.2, -0.15) is 0 Å². The highest BCUT2D eigenvalue weighted by Gasteiger charge is 2.38. The van der Waals surface area contributed by atoms with E-state index < -0.39 is 0 Å². The van der Waals surface area contributed by atoms with Crippen molar-refractivity contribution in [1.82, 2.24) is 10.2 Å². The standard InChI is InChI=1S/C10H20N2/c1-11-10-4-3-9(10)8-5-6-12(2)7-8/h8-11H,3-7H2,1-2H3.